The number of benzene rings is 4. The smallest absolute Gasteiger partial charge is 0.305 e. The van der Waals surface area contributed by atoms with Crippen molar-refractivity contribution >= 4 is 110 Å². The second-order valence-electron chi connectivity index (χ2n) is 25.8. The molecule has 0 radical (unpaired) electrons. The maximum atomic E-state index is 15.2. The summed E-state index contributed by atoms with van der Waals surface area (Å²) in [5.74, 6) is -8.78. The number of Topliss-reactive ketones (excluding diaryl/α,β-unsaturated/α-hetero) is 1. The van der Waals surface area contributed by atoms with Crippen LogP contribution in [0.25, 0.3) is 21.8 Å². The van der Waals surface area contributed by atoms with E-state index in [1.54, 1.807) is 43.0 Å². The first-order valence-electron chi connectivity index (χ1n) is 33.9. The van der Waals surface area contributed by atoms with Crippen molar-refractivity contribution in [3.8, 4) is 5.75 Å². The Kier molecular flexibility index (Phi) is 27.4. The lowest BCUT2D eigenvalue weighted by molar-refractivity contribution is -0.145. The van der Waals surface area contributed by atoms with Crippen LogP contribution < -0.4 is 47.3 Å². The number of ether oxygens (including phenoxy) is 1. The summed E-state index contributed by atoms with van der Waals surface area (Å²) in [5, 5.41) is 42.0. The molecule has 4 aromatic carbocycles. The lowest BCUT2D eigenvalue weighted by Crippen LogP contribution is -2.62. The van der Waals surface area contributed by atoms with Gasteiger partial charge in [-0.25, -0.2) is 13.8 Å². The van der Waals surface area contributed by atoms with E-state index in [1.165, 1.54) is 92.0 Å². The lowest BCUT2D eigenvalue weighted by atomic mass is 9.91. The molecule has 0 aliphatic carbocycles. The first-order valence-corrected chi connectivity index (χ1v) is 36.2. The molecule has 5 heterocycles. The van der Waals surface area contributed by atoms with Gasteiger partial charge in [0.1, 0.15) is 59.7 Å². The minimum absolute atomic E-state index is 0.00717. The second kappa shape index (κ2) is 36.6. The molecule has 2 bridgehead atoms. The third kappa shape index (κ3) is 21.7. The molecular weight excluding hydrogens is 1370 g/mol. The number of amides is 8. The van der Waals surface area contributed by atoms with E-state index < -0.39 is 138 Å². The monoisotopic (exact) mass is 1460 g/mol. The van der Waals surface area contributed by atoms with E-state index in [2.05, 4.69) is 68.5 Å². The third-order valence-electron chi connectivity index (χ3n) is 18.2. The minimum atomic E-state index is -2.02. The number of nitrogens with one attached hydrogen (secondary N) is 11. The Morgan fingerprint density at radius 3 is 1.80 bits per heavy atom. The number of rotatable bonds is 16. The molecule has 0 unspecified atom stereocenters. The molecule has 13 N–H and O–H groups in total. The Morgan fingerprint density at radius 2 is 1.20 bits per heavy atom. The zero-order valence-electron chi connectivity index (χ0n) is 57.1. The molecule has 8 atom stereocenters. The van der Waals surface area contributed by atoms with Gasteiger partial charge in [-0.3, -0.25) is 52.7 Å². The van der Waals surface area contributed by atoms with Crippen molar-refractivity contribution in [2.24, 2.45) is 0 Å². The number of carboxylic acids is 2. The van der Waals surface area contributed by atoms with Gasteiger partial charge in [-0.15, -0.1) is 0 Å². The number of unbranched alkanes of at least 4 members (excludes halogenated alkanes) is 1. The highest BCUT2D eigenvalue weighted by Crippen LogP contribution is 2.32. The number of ketones is 1. The highest BCUT2D eigenvalue weighted by atomic mass is 32.2. The van der Waals surface area contributed by atoms with Gasteiger partial charge < -0.3 is 77.3 Å². The number of methoxy groups -OCH3 is 1. The fourth-order valence-corrected chi connectivity index (χ4v) is 14.3. The van der Waals surface area contributed by atoms with Crippen molar-refractivity contribution < 1.29 is 76.5 Å². The van der Waals surface area contributed by atoms with Crippen LogP contribution in [0.5, 0.6) is 5.75 Å². The molecule has 548 valence electrons. The number of H-pyrrole nitrogens is 3. The molecule has 9 rings (SSSR count). The molecule has 0 saturated carbocycles. The maximum Gasteiger partial charge on any atom is 0.305 e. The summed E-state index contributed by atoms with van der Waals surface area (Å²) in [5.41, 5.74) is 3.03. The van der Waals surface area contributed by atoms with Gasteiger partial charge in [0.15, 0.2) is 5.78 Å². The van der Waals surface area contributed by atoms with Crippen LogP contribution in [0, 0.1) is 11.6 Å². The summed E-state index contributed by atoms with van der Waals surface area (Å²) in [6.45, 7) is 3.55. The predicted molar refractivity (Wildman–Crippen MR) is 381 cm³/mol. The number of halogens is 2. The number of aromatic amines is 3. The van der Waals surface area contributed by atoms with Crippen LogP contribution in [0.1, 0.15) is 98.7 Å². The molecular formula is C72H85F2N13O14S2. The highest BCUT2D eigenvalue weighted by molar-refractivity contribution is 7.98. The number of aromatic nitrogens is 4. The van der Waals surface area contributed by atoms with Gasteiger partial charge in [-0.2, -0.15) is 23.5 Å². The zero-order valence-corrected chi connectivity index (χ0v) is 58.8. The summed E-state index contributed by atoms with van der Waals surface area (Å²) in [4.78, 5) is 171. The molecule has 31 heteroatoms. The molecule has 27 nitrogen and oxygen atoms in total. The van der Waals surface area contributed by atoms with E-state index in [-0.39, 0.29) is 74.8 Å². The Balaban J connectivity index is 1.05. The van der Waals surface area contributed by atoms with Crippen LogP contribution in [-0.4, -0.2) is 186 Å². The van der Waals surface area contributed by atoms with Crippen molar-refractivity contribution in [1.82, 2.24) is 67.4 Å². The SMILES string of the molecule is COc1ccc(C[C@@H]2NC(=O)[C@H](Cc3cnc[nH]3)NC(=O)[C@H](CC(=O)O)NC(=O)[C@H](Cc3c[nH]c4ccc(F)cc34)NC(=O)[C@H](Cc3c[nH]c4ccc(F)cc34)NC(=O)[C@@H](C)NC(=O)[C@H](CCCCC(=O)O)NC(=O)CCSCc3cccc(c3)CSCCNCC(=O)[C@]3(C)CCCN3C2=O)cc1. The van der Waals surface area contributed by atoms with Gasteiger partial charge in [0.2, 0.25) is 47.3 Å². The van der Waals surface area contributed by atoms with Crippen molar-refractivity contribution in [1.29, 1.82) is 0 Å². The molecule has 2 aliphatic heterocycles. The van der Waals surface area contributed by atoms with E-state index in [4.69, 9.17) is 4.74 Å². The fraction of sp³-hybridized carbons (Fsp3) is 0.417. The Morgan fingerprint density at radius 1 is 0.631 bits per heavy atom. The van der Waals surface area contributed by atoms with Crippen molar-refractivity contribution in [3.05, 3.63) is 155 Å². The van der Waals surface area contributed by atoms with Gasteiger partial charge in [-0.05, 0) is 116 Å². The van der Waals surface area contributed by atoms with Gasteiger partial charge in [0.05, 0.1) is 31.9 Å². The fourth-order valence-electron chi connectivity index (χ4n) is 12.5. The van der Waals surface area contributed by atoms with Crippen LogP contribution in [0.15, 0.2) is 110 Å². The number of carboxylic acid groups (broad SMARTS) is 2. The number of fused-ring (bicyclic) bond motifs is 5. The summed E-state index contributed by atoms with van der Waals surface area (Å²) in [7, 11) is 1.49. The van der Waals surface area contributed by atoms with Crippen molar-refractivity contribution in [3.63, 3.8) is 0 Å². The van der Waals surface area contributed by atoms with Crippen molar-refractivity contribution in [2.75, 3.05) is 38.2 Å². The third-order valence-corrected chi connectivity index (χ3v) is 20.2. The summed E-state index contributed by atoms with van der Waals surface area (Å²) in [6, 6.07) is 11.2. The number of nitrogens with zero attached hydrogens (tertiary/aromatic N) is 2. The van der Waals surface area contributed by atoms with Crippen LogP contribution in [0.3, 0.4) is 0 Å². The number of hydrogen-bond donors (Lipinski definition) is 13. The van der Waals surface area contributed by atoms with E-state index in [0.29, 0.717) is 81.4 Å². The highest BCUT2D eigenvalue weighted by Gasteiger charge is 2.47. The standard InChI is InChI=1S/C72H85F2N13O14S2/c1-41-65(94)82-56(28-45-34-77-53-18-14-47(73)30-51(45)53)67(96)83-57(29-46-35-78-54-19-15-48(74)31-52(46)54)68(97)85-59(33-64(92)93)70(99)84-58(32-49-36-76-40-79-49)69(98)86-60(27-42-12-16-50(101-3)17-13-42)71(100)87-23-7-21-72(87,2)61(88)37-75-22-25-103-39-44-9-6-8-43(26-44)38-102-24-20-62(89)81-55(66(95)80-41)10-4-5-11-63(90)91/h6,8-9,12-19,26,30-31,34-36,40-41,55-60,75,77-78H,4-5,7,10-11,20-25,27-29,32-33,37-39H2,1-3H3,(H,76,79)(H,80,95)(H,81,89)(H,82,94)(H,83,96)(H,84,99)(H,85,97)(H,86,98)(H,90,91)(H,92,93)/t41-,55+,56+,57+,58+,59+,60+,72+/m1/s1. The number of imidazole rings is 1. The van der Waals surface area contributed by atoms with E-state index in [1.807, 2.05) is 18.2 Å². The predicted octanol–water partition coefficient (Wildman–Crippen LogP) is 4.57. The van der Waals surface area contributed by atoms with Crippen LogP contribution >= 0.6 is 23.5 Å². The molecule has 8 amide bonds. The number of thioether (sulfide) groups is 2. The van der Waals surface area contributed by atoms with Crippen LogP contribution in [0.4, 0.5) is 8.78 Å². The van der Waals surface area contributed by atoms with E-state index >= 15 is 23.6 Å². The molecule has 1 saturated heterocycles. The molecule has 7 aromatic rings. The summed E-state index contributed by atoms with van der Waals surface area (Å²) >= 11 is 3.14. The molecule has 1 fully saturated rings. The Hall–Kier alpha value is -10.1. The quantitative estimate of drug-likeness (QED) is 0.0589. The average molecular weight is 1460 g/mol. The molecule has 0 spiro atoms. The average Bonchev–Trinajstić information content (AvgIpc) is 1.69. The maximum absolute atomic E-state index is 15.2. The Bertz CT molecular complexity index is 4200. The van der Waals surface area contributed by atoms with Gasteiger partial charge >= 0.3 is 11.9 Å². The second-order valence-corrected chi connectivity index (χ2v) is 28.0. The largest absolute Gasteiger partial charge is 0.497 e. The molecule has 2 aliphatic rings. The number of aliphatic carboxylic acids is 2. The van der Waals surface area contributed by atoms with Gasteiger partial charge in [-0.1, -0.05) is 42.8 Å². The van der Waals surface area contributed by atoms with Crippen LogP contribution in [0.2, 0.25) is 0 Å². The molecule has 3 aromatic heterocycles. The van der Waals surface area contributed by atoms with E-state index in [0.717, 1.165) is 11.1 Å². The first kappa shape index (κ1) is 77.0. The topological polar surface area (TPSA) is 397 Å². The zero-order chi connectivity index (χ0) is 73.7. The normalized spacial score (nSPS) is 22.7. The molecule has 103 heavy (non-hydrogen) atoms. The van der Waals surface area contributed by atoms with Crippen LogP contribution in [-0.2, 0) is 89.9 Å². The van der Waals surface area contributed by atoms with Gasteiger partial charge in [0, 0.05) is 121 Å². The van der Waals surface area contributed by atoms with E-state index in [9.17, 15) is 48.2 Å². The lowest BCUT2D eigenvalue weighted by Gasteiger charge is -2.37. The van der Waals surface area contributed by atoms with Crippen molar-refractivity contribution in [2.45, 2.75) is 150 Å². The number of hydrogen-bond acceptors (Lipinski definition) is 16. The van der Waals surface area contributed by atoms with Gasteiger partial charge in [0.25, 0.3) is 0 Å². The first-order chi connectivity index (χ1) is 49.4. The summed E-state index contributed by atoms with van der Waals surface area (Å²) in [6.07, 6.45) is 4.08. The summed E-state index contributed by atoms with van der Waals surface area (Å²) < 4.78 is 35.3. The number of carbonyl (C=O) groups excluding carboxylic acids is 9. The Labute approximate surface area is 600 Å². The minimum Gasteiger partial charge on any atom is -0.497 e. The number of carbonyl (C=O) groups is 11.